The van der Waals surface area contributed by atoms with Crippen LogP contribution in [0.2, 0.25) is 0 Å². The van der Waals surface area contributed by atoms with Gasteiger partial charge in [0, 0.05) is 13.0 Å². The van der Waals surface area contributed by atoms with Crippen LogP contribution in [-0.4, -0.2) is 25.5 Å². The van der Waals surface area contributed by atoms with E-state index in [1.165, 1.54) is 12.1 Å². The molecule has 1 amide bonds. The van der Waals surface area contributed by atoms with E-state index in [0.717, 1.165) is 6.07 Å². The molecule has 0 unspecified atom stereocenters. The summed E-state index contributed by atoms with van der Waals surface area (Å²) < 4.78 is 40.9. The van der Waals surface area contributed by atoms with Gasteiger partial charge in [-0.25, -0.2) is 13.2 Å². The van der Waals surface area contributed by atoms with Crippen molar-refractivity contribution < 1.29 is 22.7 Å². The van der Waals surface area contributed by atoms with Crippen molar-refractivity contribution in [2.75, 3.05) is 24.3 Å². The standard InChI is InChI=1S/C12H15F3N2O2/c13-8-3-4-10(9(16)6-8)17-12(18)2-1-5-19-7-11(14)15/h3-4,6,11H,1-2,5,7,16H2,(H,17,18). The number of halogens is 3. The smallest absolute Gasteiger partial charge is 0.261 e. The molecule has 0 saturated heterocycles. The van der Waals surface area contributed by atoms with E-state index in [4.69, 9.17) is 5.73 Å². The highest BCUT2D eigenvalue weighted by Gasteiger charge is 2.07. The summed E-state index contributed by atoms with van der Waals surface area (Å²) in [7, 11) is 0. The Labute approximate surface area is 108 Å². The third kappa shape index (κ3) is 6.10. The zero-order valence-electron chi connectivity index (χ0n) is 10.2. The molecule has 1 rings (SSSR count). The van der Waals surface area contributed by atoms with E-state index >= 15 is 0 Å². The van der Waals surface area contributed by atoms with Gasteiger partial charge in [-0.2, -0.15) is 0 Å². The van der Waals surface area contributed by atoms with Crippen molar-refractivity contribution in [1.82, 2.24) is 0 Å². The summed E-state index contributed by atoms with van der Waals surface area (Å²) in [6.45, 7) is -0.552. The summed E-state index contributed by atoms with van der Waals surface area (Å²) >= 11 is 0. The molecule has 0 bridgehead atoms. The highest BCUT2D eigenvalue weighted by atomic mass is 19.3. The Bertz CT molecular complexity index is 427. The van der Waals surface area contributed by atoms with Crippen LogP contribution in [0.1, 0.15) is 12.8 Å². The van der Waals surface area contributed by atoms with Crippen LogP contribution < -0.4 is 11.1 Å². The topological polar surface area (TPSA) is 64.3 Å². The number of anilines is 2. The Kier molecular flexibility index (Phi) is 6.14. The lowest BCUT2D eigenvalue weighted by Crippen LogP contribution is -2.14. The lowest BCUT2D eigenvalue weighted by atomic mass is 10.2. The van der Waals surface area contributed by atoms with Crippen molar-refractivity contribution in [3.8, 4) is 0 Å². The molecule has 1 aromatic carbocycles. The fraction of sp³-hybridized carbons (Fsp3) is 0.417. The molecular weight excluding hydrogens is 261 g/mol. The number of hydrogen-bond acceptors (Lipinski definition) is 3. The van der Waals surface area contributed by atoms with Gasteiger partial charge in [0.25, 0.3) is 6.43 Å². The first-order chi connectivity index (χ1) is 8.99. The molecule has 0 atom stereocenters. The highest BCUT2D eigenvalue weighted by molar-refractivity contribution is 5.93. The van der Waals surface area contributed by atoms with Gasteiger partial charge < -0.3 is 15.8 Å². The second-order valence-corrected chi connectivity index (χ2v) is 3.85. The maximum Gasteiger partial charge on any atom is 0.261 e. The quantitative estimate of drug-likeness (QED) is 0.593. The summed E-state index contributed by atoms with van der Waals surface area (Å²) in [5.74, 6) is -0.824. The van der Waals surface area contributed by atoms with Crippen molar-refractivity contribution in [3.05, 3.63) is 24.0 Å². The zero-order valence-corrected chi connectivity index (χ0v) is 10.2. The lowest BCUT2D eigenvalue weighted by molar-refractivity contribution is -0.116. The predicted molar refractivity (Wildman–Crippen MR) is 65.5 cm³/mol. The average Bonchev–Trinajstić information content (AvgIpc) is 2.32. The van der Waals surface area contributed by atoms with E-state index in [0.29, 0.717) is 12.1 Å². The number of alkyl halides is 2. The first kappa shape index (κ1) is 15.3. The van der Waals surface area contributed by atoms with Crippen molar-refractivity contribution >= 4 is 17.3 Å². The summed E-state index contributed by atoms with van der Waals surface area (Å²) in [6, 6.07) is 3.63. The van der Waals surface area contributed by atoms with Gasteiger partial charge in [-0.15, -0.1) is 0 Å². The Morgan fingerprint density at radius 2 is 2.16 bits per heavy atom. The monoisotopic (exact) mass is 276 g/mol. The number of carbonyl (C=O) groups is 1. The van der Waals surface area contributed by atoms with Gasteiger partial charge in [-0.1, -0.05) is 0 Å². The predicted octanol–water partition coefficient (Wildman–Crippen LogP) is 2.41. The number of nitrogen functional groups attached to an aromatic ring is 1. The summed E-state index contributed by atoms with van der Waals surface area (Å²) in [5, 5.41) is 2.50. The molecule has 0 spiro atoms. The largest absolute Gasteiger partial charge is 0.397 e. The van der Waals surface area contributed by atoms with Crippen molar-refractivity contribution in [1.29, 1.82) is 0 Å². The van der Waals surface area contributed by atoms with Gasteiger partial charge in [0.2, 0.25) is 5.91 Å². The lowest BCUT2D eigenvalue weighted by Gasteiger charge is -2.08. The van der Waals surface area contributed by atoms with Gasteiger partial charge in [-0.3, -0.25) is 4.79 Å². The average molecular weight is 276 g/mol. The highest BCUT2D eigenvalue weighted by Crippen LogP contribution is 2.19. The Hall–Kier alpha value is -1.76. The minimum Gasteiger partial charge on any atom is -0.397 e. The van der Waals surface area contributed by atoms with Crippen LogP contribution in [0.4, 0.5) is 24.5 Å². The minimum atomic E-state index is -2.51. The molecule has 19 heavy (non-hydrogen) atoms. The van der Waals surface area contributed by atoms with E-state index < -0.39 is 18.8 Å². The Morgan fingerprint density at radius 3 is 2.79 bits per heavy atom. The van der Waals surface area contributed by atoms with E-state index in [9.17, 15) is 18.0 Å². The van der Waals surface area contributed by atoms with Crippen molar-refractivity contribution in [3.63, 3.8) is 0 Å². The summed E-state index contributed by atoms with van der Waals surface area (Å²) in [5.41, 5.74) is 5.96. The number of nitrogens with two attached hydrogens (primary N) is 1. The van der Waals surface area contributed by atoms with Crippen LogP contribution in [0.3, 0.4) is 0 Å². The van der Waals surface area contributed by atoms with Crippen LogP contribution in [0.5, 0.6) is 0 Å². The normalized spacial score (nSPS) is 10.7. The van der Waals surface area contributed by atoms with Crippen LogP contribution in [0.15, 0.2) is 18.2 Å². The molecule has 0 radical (unpaired) electrons. The Balaban J connectivity index is 2.27. The molecule has 0 aliphatic carbocycles. The van der Waals surface area contributed by atoms with Gasteiger partial charge in [0.15, 0.2) is 0 Å². The number of benzene rings is 1. The van der Waals surface area contributed by atoms with Crippen LogP contribution in [0, 0.1) is 5.82 Å². The zero-order chi connectivity index (χ0) is 14.3. The van der Waals surface area contributed by atoms with E-state index in [1.807, 2.05) is 0 Å². The van der Waals surface area contributed by atoms with Gasteiger partial charge in [0.05, 0.1) is 11.4 Å². The third-order valence-electron chi connectivity index (χ3n) is 2.22. The molecule has 1 aromatic rings. The maximum absolute atomic E-state index is 12.8. The van der Waals surface area contributed by atoms with Crippen molar-refractivity contribution in [2.24, 2.45) is 0 Å². The maximum atomic E-state index is 12.8. The molecule has 0 aliphatic heterocycles. The second-order valence-electron chi connectivity index (χ2n) is 3.85. The first-order valence-electron chi connectivity index (χ1n) is 5.70. The molecule has 106 valence electrons. The molecule has 0 aromatic heterocycles. The van der Waals surface area contributed by atoms with Crippen LogP contribution in [-0.2, 0) is 9.53 Å². The number of rotatable bonds is 7. The van der Waals surface area contributed by atoms with Gasteiger partial charge >= 0.3 is 0 Å². The van der Waals surface area contributed by atoms with E-state index in [1.54, 1.807) is 0 Å². The number of carbonyl (C=O) groups excluding carboxylic acids is 1. The molecule has 3 N–H and O–H groups in total. The molecule has 0 fully saturated rings. The number of amides is 1. The molecule has 0 heterocycles. The van der Waals surface area contributed by atoms with Crippen LogP contribution >= 0.6 is 0 Å². The summed E-state index contributed by atoms with van der Waals surface area (Å²) in [6.07, 6.45) is -2.08. The Morgan fingerprint density at radius 1 is 1.42 bits per heavy atom. The van der Waals surface area contributed by atoms with Crippen molar-refractivity contribution in [2.45, 2.75) is 19.3 Å². The molecule has 7 heteroatoms. The summed E-state index contributed by atoms with van der Waals surface area (Å²) in [4.78, 5) is 11.5. The molecule has 0 aliphatic rings. The fourth-order valence-electron chi connectivity index (χ4n) is 1.37. The van der Waals surface area contributed by atoms with Gasteiger partial charge in [0.1, 0.15) is 12.4 Å². The number of hydrogen-bond donors (Lipinski definition) is 2. The first-order valence-corrected chi connectivity index (χ1v) is 5.70. The molecule has 4 nitrogen and oxygen atoms in total. The minimum absolute atomic E-state index is 0.0800. The van der Waals surface area contributed by atoms with E-state index in [-0.39, 0.29) is 24.6 Å². The molecule has 0 saturated carbocycles. The van der Waals surface area contributed by atoms with Gasteiger partial charge in [-0.05, 0) is 24.6 Å². The molecular formula is C12H15F3N2O2. The fourth-order valence-corrected chi connectivity index (χ4v) is 1.37. The number of nitrogens with one attached hydrogen (secondary N) is 1. The van der Waals surface area contributed by atoms with E-state index in [2.05, 4.69) is 10.1 Å². The number of ether oxygens (including phenoxy) is 1. The SMILES string of the molecule is Nc1cc(F)ccc1NC(=O)CCCOCC(F)F. The third-order valence-corrected chi connectivity index (χ3v) is 2.22. The van der Waals surface area contributed by atoms with Crippen LogP contribution in [0.25, 0.3) is 0 Å². The second kappa shape index (κ2) is 7.63.